The van der Waals surface area contributed by atoms with Crippen LogP contribution in [0.2, 0.25) is 0 Å². The topological polar surface area (TPSA) is 76.1 Å². The first kappa shape index (κ1) is 23.5. The van der Waals surface area contributed by atoms with E-state index >= 15 is 0 Å². The lowest BCUT2D eigenvalue weighted by molar-refractivity contribution is -0.130. The Hall–Kier alpha value is -3.12. The fourth-order valence-corrected chi connectivity index (χ4v) is 3.78. The Balaban J connectivity index is 1.82. The van der Waals surface area contributed by atoms with Gasteiger partial charge in [0.1, 0.15) is 12.4 Å². The van der Waals surface area contributed by atoms with E-state index in [1.165, 1.54) is 10.5 Å². The molecule has 2 aromatic rings. The number of ketones is 1. The van der Waals surface area contributed by atoms with Gasteiger partial charge in [-0.2, -0.15) is 0 Å². The van der Waals surface area contributed by atoms with E-state index in [2.05, 4.69) is 0 Å². The number of aliphatic hydroxyl groups is 1. The number of ether oxygens (including phenoxy) is 2. The highest BCUT2D eigenvalue weighted by Crippen LogP contribution is 2.39. The average molecular weight is 438 g/mol. The Labute approximate surface area is 189 Å². The zero-order chi connectivity index (χ0) is 23.3. The van der Waals surface area contributed by atoms with Crippen molar-refractivity contribution in [2.75, 3.05) is 20.3 Å². The van der Waals surface area contributed by atoms with Crippen molar-refractivity contribution in [2.24, 2.45) is 5.92 Å². The summed E-state index contributed by atoms with van der Waals surface area (Å²) in [5, 5.41) is 10.5. The first-order chi connectivity index (χ1) is 15.3. The van der Waals surface area contributed by atoms with Crippen molar-refractivity contribution in [1.82, 2.24) is 4.90 Å². The second-order valence-corrected chi connectivity index (χ2v) is 8.52. The van der Waals surface area contributed by atoms with Gasteiger partial charge in [0, 0.05) is 20.1 Å². The predicted octanol–water partition coefficient (Wildman–Crippen LogP) is 4.53. The monoisotopic (exact) mass is 437 g/mol. The van der Waals surface area contributed by atoms with E-state index in [1.54, 1.807) is 7.11 Å². The molecule has 6 nitrogen and oxygen atoms in total. The standard InChI is InChI=1S/C26H31NO5/c1-17(2)15-22(28)23-24(27(13-14-31-4)26(30)25(23)29)20-9-11-21(12-10-20)32-16-19-7-5-18(3)6-8-19/h5-12,17,24,29H,13-16H2,1-4H3. The first-order valence-corrected chi connectivity index (χ1v) is 10.9. The van der Waals surface area contributed by atoms with E-state index in [0.29, 0.717) is 19.0 Å². The Morgan fingerprint density at radius 2 is 1.75 bits per heavy atom. The van der Waals surface area contributed by atoms with Gasteiger partial charge in [0.15, 0.2) is 11.5 Å². The van der Waals surface area contributed by atoms with Gasteiger partial charge < -0.3 is 19.5 Å². The Morgan fingerprint density at radius 1 is 1.09 bits per heavy atom. The summed E-state index contributed by atoms with van der Waals surface area (Å²) in [4.78, 5) is 27.1. The summed E-state index contributed by atoms with van der Waals surface area (Å²) in [6, 6.07) is 14.8. The molecule has 0 aliphatic carbocycles. The van der Waals surface area contributed by atoms with E-state index in [0.717, 1.165) is 11.1 Å². The quantitative estimate of drug-likeness (QED) is 0.591. The van der Waals surface area contributed by atoms with Crippen molar-refractivity contribution >= 4 is 11.7 Å². The molecule has 6 heteroatoms. The molecular weight excluding hydrogens is 406 g/mol. The van der Waals surface area contributed by atoms with Gasteiger partial charge in [-0.3, -0.25) is 9.59 Å². The molecule has 2 aromatic carbocycles. The van der Waals surface area contributed by atoms with Crippen molar-refractivity contribution in [2.45, 2.75) is 39.8 Å². The molecule has 1 aliphatic rings. The summed E-state index contributed by atoms with van der Waals surface area (Å²) < 4.78 is 11.0. The van der Waals surface area contributed by atoms with Crippen LogP contribution in [0.25, 0.3) is 0 Å². The average Bonchev–Trinajstić information content (AvgIpc) is 3.02. The number of amides is 1. The minimum atomic E-state index is -0.643. The van der Waals surface area contributed by atoms with E-state index in [-0.39, 0.29) is 30.2 Å². The van der Waals surface area contributed by atoms with Gasteiger partial charge in [-0.25, -0.2) is 0 Å². The van der Waals surface area contributed by atoms with E-state index in [4.69, 9.17) is 9.47 Å². The molecule has 0 spiro atoms. The summed E-state index contributed by atoms with van der Waals surface area (Å²) in [5.74, 6) is -0.416. The maximum absolute atomic E-state index is 12.9. The van der Waals surface area contributed by atoms with Crippen molar-refractivity contribution in [3.8, 4) is 5.75 Å². The SMILES string of the molecule is COCCN1C(=O)C(O)=C(C(=O)CC(C)C)C1c1ccc(OCc2ccc(C)cc2)cc1. The number of hydrogen-bond donors (Lipinski definition) is 1. The summed E-state index contributed by atoms with van der Waals surface area (Å²) in [6.07, 6.45) is 0.263. The molecule has 170 valence electrons. The molecule has 0 saturated carbocycles. The molecule has 1 atom stereocenters. The third-order valence-corrected chi connectivity index (χ3v) is 5.46. The molecule has 1 heterocycles. The highest BCUT2D eigenvalue weighted by Gasteiger charge is 2.43. The van der Waals surface area contributed by atoms with Gasteiger partial charge in [0.05, 0.1) is 18.2 Å². The predicted molar refractivity (Wildman–Crippen MR) is 122 cm³/mol. The third-order valence-electron chi connectivity index (χ3n) is 5.46. The molecule has 0 fully saturated rings. The lowest BCUT2D eigenvalue weighted by atomic mass is 9.92. The minimum Gasteiger partial charge on any atom is -0.503 e. The number of carbonyl (C=O) groups excluding carboxylic acids is 2. The largest absolute Gasteiger partial charge is 0.503 e. The molecule has 1 aliphatic heterocycles. The molecular formula is C26H31NO5. The fourth-order valence-electron chi connectivity index (χ4n) is 3.78. The molecule has 3 rings (SSSR count). The number of Topliss-reactive ketones (excluding diaryl/α,β-unsaturated/α-hetero) is 1. The van der Waals surface area contributed by atoms with Gasteiger partial charge in [0.2, 0.25) is 0 Å². The van der Waals surface area contributed by atoms with E-state index in [9.17, 15) is 14.7 Å². The number of hydrogen-bond acceptors (Lipinski definition) is 5. The van der Waals surface area contributed by atoms with Gasteiger partial charge in [0.25, 0.3) is 5.91 Å². The van der Waals surface area contributed by atoms with Crippen LogP contribution < -0.4 is 4.74 Å². The highest BCUT2D eigenvalue weighted by molar-refractivity contribution is 6.09. The van der Waals surface area contributed by atoms with Crippen molar-refractivity contribution < 1.29 is 24.2 Å². The van der Waals surface area contributed by atoms with Crippen LogP contribution in [0.5, 0.6) is 5.75 Å². The number of aryl methyl sites for hydroxylation is 1. The number of rotatable bonds is 10. The van der Waals surface area contributed by atoms with Gasteiger partial charge in [-0.05, 0) is 36.1 Å². The van der Waals surface area contributed by atoms with Crippen LogP contribution in [0, 0.1) is 12.8 Å². The summed E-state index contributed by atoms with van der Waals surface area (Å²) >= 11 is 0. The van der Waals surface area contributed by atoms with Crippen molar-refractivity contribution in [3.63, 3.8) is 0 Å². The van der Waals surface area contributed by atoms with Crippen LogP contribution in [-0.4, -0.2) is 42.0 Å². The number of carbonyl (C=O) groups is 2. The maximum atomic E-state index is 12.9. The first-order valence-electron chi connectivity index (χ1n) is 10.9. The summed E-state index contributed by atoms with van der Waals surface area (Å²) in [7, 11) is 1.55. The van der Waals surface area contributed by atoms with Crippen molar-refractivity contribution in [1.29, 1.82) is 0 Å². The maximum Gasteiger partial charge on any atom is 0.290 e. The molecule has 32 heavy (non-hydrogen) atoms. The Morgan fingerprint density at radius 3 is 2.34 bits per heavy atom. The van der Waals surface area contributed by atoms with Gasteiger partial charge >= 0.3 is 0 Å². The Bertz CT molecular complexity index is 976. The van der Waals surface area contributed by atoms with Crippen LogP contribution in [0.4, 0.5) is 0 Å². The fraction of sp³-hybridized carbons (Fsp3) is 0.385. The molecule has 1 unspecified atom stereocenters. The van der Waals surface area contributed by atoms with Crippen LogP contribution in [0.3, 0.4) is 0 Å². The second kappa shape index (κ2) is 10.5. The van der Waals surface area contributed by atoms with Crippen LogP contribution in [0.15, 0.2) is 59.9 Å². The number of aliphatic hydroxyl groups excluding tert-OH is 1. The van der Waals surface area contributed by atoms with E-state index < -0.39 is 17.7 Å². The zero-order valence-corrected chi connectivity index (χ0v) is 19.1. The van der Waals surface area contributed by atoms with Crippen LogP contribution >= 0.6 is 0 Å². The molecule has 0 aromatic heterocycles. The second-order valence-electron chi connectivity index (χ2n) is 8.52. The third kappa shape index (κ3) is 5.37. The normalized spacial score (nSPS) is 16.2. The van der Waals surface area contributed by atoms with Gasteiger partial charge in [-0.15, -0.1) is 0 Å². The molecule has 0 bridgehead atoms. The Kier molecular flexibility index (Phi) is 7.70. The molecule has 0 saturated heterocycles. The number of benzene rings is 2. The highest BCUT2D eigenvalue weighted by atomic mass is 16.5. The smallest absolute Gasteiger partial charge is 0.290 e. The lowest BCUT2D eigenvalue weighted by Gasteiger charge is -2.27. The van der Waals surface area contributed by atoms with Crippen LogP contribution in [-0.2, 0) is 20.9 Å². The molecule has 0 radical (unpaired) electrons. The molecule has 1 N–H and O–H groups in total. The molecule has 1 amide bonds. The number of nitrogens with zero attached hydrogens (tertiary/aromatic N) is 1. The summed E-state index contributed by atoms with van der Waals surface area (Å²) in [6.45, 7) is 6.93. The number of methoxy groups -OCH3 is 1. The van der Waals surface area contributed by atoms with Gasteiger partial charge in [-0.1, -0.05) is 55.8 Å². The van der Waals surface area contributed by atoms with Crippen molar-refractivity contribution in [3.05, 3.63) is 76.6 Å². The summed E-state index contributed by atoms with van der Waals surface area (Å²) in [5.41, 5.74) is 3.17. The van der Waals surface area contributed by atoms with Crippen LogP contribution in [0.1, 0.15) is 43.0 Å². The van der Waals surface area contributed by atoms with E-state index in [1.807, 2.05) is 69.3 Å². The zero-order valence-electron chi connectivity index (χ0n) is 19.1. The lowest BCUT2D eigenvalue weighted by Crippen LogP contribution is -2.34. The minimum absolute atomic E-state index is 0.115.